The summed E-state index contributed by atoms with van der Waals surface area (Å²) in [6.45, 7) is 3.18. The largest absolute Gasteiger partial charge is 0.495 e. The minimum atomic E-state index is -0.387. The summed E-state index contributed by atoms with van der Waals surface area (Å²) in [5, 5.41) is 15.1. The SMILES string of the molecule is COc1ccc(Cl)cc1N1CCN2c3ccc([N+](=O)[O-])cc3C[C@H](C(=O)NC[C@H]3CCCO3)[C@H]2C1. The van der Waals surface area contributed by atoms with E-state index in [0.29, 0.717) is 37.6 Å². The number of ether oxygens (including phenoxy) is 2. The highest BCUT2D eigenvalue weighted by atomic mass is 35.5. The molecule has 10 heteroatoms. The molecular formula is C25H29ClN4O5. The van der Waals surface area contributed by atoms with Crippen LogP contribution in [0.25, 0.3) is 0 Å². The number of fused-ring (bicyclic) bond motifs is 3. The standard InChI is InChI=1S/C25H29ClN4O5/c1-34-24-7-4-17(26)13-22(24)28-8-9-29-21-6-5-18(30(32)33)11-16(21)12-20(23(29)15-28)25(31)27-14-19-3-2-10-35-19/h4-7,11,13,19-20,23H,2-3,8-10,12,14-15H2,1H3,(H,27,31)/t19-,20+,23-/m1/s1. The lowest BCUT2D eigenvalue weighted by Gasteiger charge is -2.49. The zero-order valence-corrected chi connectivity index (χ0v) is 20.4. The molecule has 0 radical (unpaired) electrons. The second-order valence-corrected chi connectivity index (χ2v) is 9.72. The minimum Gasteiger partial charge on any atom is -0.495 e. The van der Waals surface area contributed by atoms with Gasteiger partial charge >= 0.3 is 0 Å². The number of nitro benzene ring substituents is 1. The summed E-state index contributed by atoms with van der Waals surface area (Å²) in [6, 6.07) is 10.4. The Morgan fingerprint density at radius 3 is 2.86 bits per heavy atom. The van der Waals surface area contributed by atoms with E-state index in [0.717, 1.165) is 42.1 Å². The first-order valence-electron chi connectivity index (χ1n) is 12.0. The Morgan fingerprint density at radius 2 is 2.11 bits per heavy atom. The lowest BCUT2D eigenvalue weighted by molar-refractivity contribution is -0.384. The van der Waals surface area contributed by atoms with Gasteiger partial charge < -0.3 is 24.6 Å². The summed E-state index contributed by atoms with van der Waals surface area (Å²) in [4.78, 5) is 28.9. The van der Waals surface area contributed by atoms with Gasteiger partial charge in [-0.15, -0.1) is 0 Å². The number of halogens is 1. The van der Waals surface area contributed by atoms with Crippen LogP contribution in [0.5, 0.6) is 5.75 Å². The molecule has 35 heavy (non-hydrogen) atoms. The number of nitro groups is 1. The van der Waals surface area contributed by atoms with E-state index in [2.05, 4.69) is 15.1 Å². The number of amides is 1. The van der Waals surface area contributed by atoms with Gasteiger partial charge in [-0.3, -0.25) is 14.9 Å². The number of carbonyl (C=O) groups is 1. The monoisotopic (exact) mass is 500 g/mol. The van der Waals surface area contributed by atoms with Gasteiger partial charge in [0, 0.05) is 55.6 Å². The number of carbonyl (C=O) groups excluding carboxylic acids is 1. The van der Waals surface area contributed by atoms with Crippen molar-refractivity contribution in [1.82, 2.24) is 5.32 Å². The summed E-state index contributed by atoms with van der Waals surface area (Å²) in [5.41, 5.74) is 2.73. The van der Waals surface area contributed by atoms with Crippen molar-refractivity contribution in [3.8, 4) is 5.75 Å². The van der Waals surface area contributed by atoms with Gasteiger partial charge in [-0.1, -0.05) is 11.6 Å². The molecule has 0 bridgehead atoms. The maximum atomic E-state index is 13.5. The first-order chi connectivity index (χ1) is 16.9. The Bertz CT molecular complexity index is 1120. The summed E-state index contributed by atoms with van der Waals surface area (Å²) in [5.74, 6) is 0.320. The van der Waals surface area contributed by atoms with E-state index in [1.165, 1.54) is 0 Å². The van der Waals surface area contributed by atoms with E-state index in [-0.39, 0.29) is 34.6 Å². The number of piperazine rings is 1. The van der Waals surface area contributed by atoms with Gasteiger partial charge in [-0.05, 0) is 49.1 Å². The highest BCUT2D eigenvalue weighted by Gasteiger charge is 2.42. The fourth-order valence-corrected chi connectivity index (χ4v) is 5.67. The average Bonchev–Trinajstić information content (AvgIpc) is 3.39. The predicted molar refractivity (Wildman–Crippen MR) is 134 cm³/mol. The van der Waals surface area contributed by atoms with Gasteiger partial charge in [0.05, 0.1) is 35.8 Å². The number of benzene rings is 2. The molecule has 9 nitrogen and oxygen atoms in total. The van der Waals surface area contributed by atoms with Crippen LogP contribution in [0.15, 0.2) is 36.4 Å². The van der Waals surface area contributed by atoms with Crippen LogP contribution in [-0.2, 0) is 16.0 Å². The Labute approximate surface area is 209 Å². The first kappa shape index (κ1) is 23.7. The smallest absolute Gasteiger partial charge is 0.269 e. The number of nitrogens with one attached hydrogen (secondary N) is 1. The topological polar surface area (TPSA) is 97.2 Å². The number of hydrogen-bond donors (Lipinski definition) is 1. The van der Waals surface area contributed by atoms with Gasteiger partial charge in [0.15, 0.2) is 0 Å². The molecule has 0 spiro atoms. The van der Waals surface area contributed by atoms with Crippen LogP contribution in [0, 0.1) is 16.0 Å². The van der Waals surface area contributed by atoms with Gasteiger partial charge in [-0.25, -0.2) is 0 Å². The number of non-ortho nitro benzene ring substituents is 1. The van der Waals surface area contributed by atoms with Gasteiger partial charge in [0.25, 0.3) is 5.69 Å². The van der Waals surface area contributed by atoms with Crippen LogP contribution in [-0.4, -0.2) is 62.9 Å². The van der Waals surface area contributed by atoms with Crippen molar-refractivity contribution in [2.75, 3.05) is 49.7 Å². The molecule has 2 aromatic carbocycles. The number of hydrogen-bond acceptors (Lipinski definition) is 7. The molecule has 3 aliphatic heterocycles. The Hall–Kier alpha value is -3.04. The van der Waals surface area contributed by atoms with Gasteiger partial charge in [-0.2, -0.15) is 0 Å². The van der Waals surface area contributed by atoms with E-state index >= 15 is 0 Å². The van der Waals surface area contributed by atoms with Crippen LogP contribution >= 0.6 is 11.6 Å². The highest BCUT2D eigenvalue weighted by molar-refractivity contribution is 6.31. The Kier molecular flexibility index (Phi) is 6.71. The Morgan fingerprint density at radius 1 is 1.26 bits per heavy atom. The average molecular weight is 501 g/mol. The second-order valence-electron chi connectivity index (χ2n) is 9.28. The summed E-state index contributed by atoms with van der Waals surface area (Å²) < 4.78 is 11.3. The van der Waals surface area contributed by atoms with E-state index in [4.69, 9.17) is 21.1 Å². The van der Waals surface area contributed by atoms with Crippen LogP contribution in [0.3, 0.4) is 0 Å². The Balaban J connectivity index is 1.44. The fourth-order valence-electron chi connectivity index (χ4n) is 5.50. The molecule has 3 aliphatic rings. The molecule has 2 fully saturated rings. The van der Waals surface area contributed by atoms with E-state index in [1.54, 1.807) is 25.3 Å². The maximum Gasteiger partial charge on any atom is 0.269 e. The van der Waals surface area contributed by atoms with E-state index in [9.17, 15) is 14.9 Å². The second kappa shape index (κ2) is 9.91. The van der Waals surface area contributed by atoms with Crippen LogP contribution in [0.1, 0.15) is 18.4 Å². The third-order valence-electron chi connectivity index (χ3n) is 7.25. The summed E-state index contributed by atoms with van der Waals surface area (Å²) in [6.07, 6.45) is 2.44. The number of rotatable bonds is 6. The van der Waals surface area contributed by atoms with Crippen molar-refractivity contribution in [1.29, 1.82) is 0 Å². The van der Waals surface area contributed by atoms with Crippen molar-refractivity contribution >= 4 is 34.6 Å². The van der Waals surface area contributed by atoms with Crippen molar-refractivity contribution in [2.45, 2.75) is 31.4 Å². The fraction of sp³-hybridized carbons (Fsp3) is 0.480. The van der Waals surface area contributed by atoms with Crippen LogP contribution in [0.4, 0.5) is 17.1 Å². The molecule has 186 valence electrons. The molecule has 2 saturated heterocycles. The molecular weight excluding hydrogens is 472 g/mol. The molecule has 0 aliphatic carbocycles. The lowest BCUT2D eigenvalue weighted by Crippen LogP contribution is -2.61. The maximum absolute atomic E-state index is 13.5. The summed E-state index contributed by atoms with van der Waals surface area (Å²) >= 11 is 6.30. The molecule has 1 N–H and O–H groups in total. The van der Waals surface area contributed by atoms with E-state index in [1.807, 2.05) is 18.2 Å². The minimum absolute atomic E-state index is 0.0445. The molecule has 0 unspecified atom stereocenters. The number of methoxy groups -OCH3 is 1. The third kappa shape index (κ3) is 4.75. The van der Waals surface area contributed by atoms with Crippen LogP contribution in [0.2, 0.25) is 5.02 Å². The third-order valence-corrected chi connectivity index (χ3v) is 7.49. The van der Waals surface area contributed by atoms with Gasteiger partial charge in [0.1, 0.15) is 5.75 Å². The number of anilines is 2. The first-order valence-corrected chi connectivity index (χ1v) is 12.3. The van der Waals surface area contributed by atoms with Gasteiger partial charge in [0.2, 0.25) is 5.91 Å². The van der Waals surface area contributed by atoms with Crippen molar-refractivity contribution < 1.29 is 19.2 Å². The molecule has 1 amide bonds. The van der Waals surface area contributed by atoms with Crippen molar-refractivity contribution in [2.24, 2.45) is 5.92 Å². The number of nitrogens with zero attached hydrogens (tertiary/aromatic N) is 3. The molecule has 5 rings (SSSR count). The highest BCUT2D eigenvalue weighted by Crippen LogP contribution is 2.40. The van der Waals surface area contributed by atoms with Crippen LogP contribution < -0.4 is 19.9 Å². The predicted octanol–water partition coefficient (Wildman–Crippen LogP) is 3.42. The lowest BCUT2D eigenvalue weighted by atomic mass is 9.83. The summed E-state index contributed by atoms with van der Waals surface area (Å²) in [7, 11) is 1.63. The molecule has 2 aromatic rings. The molecule has 0 aromatic heterocycles. The van der Waals surface area contributed by atoms with Crippen molar-refractivity contribution in [3.05, 3.63) is 57.1 Å². The quantitative estimate of drug-likeness (QED) is 0.479. The van der Waals surface area contributed by atoms with Crippen molar-refractivity contribution in [3.63, 3.8) is 0 Å². The normalized spacial score (nSPS) is 23.4. The zero-order valence-electron chi connectivity index (χ0n) is 19.6. The molecule has 3 heterocycles. The molecule has 0 saturated carbocycles. The van der Waals surface area contributed by atoms with E-state index < -0.39 is 0 Å². The molecule has 3 atom stereocenters. The zero-order chi connectivity index (χ0) is 24.5.